The number of rotatable bonds is 6. The Morgan fingerprint density at radius 1 is 1.07 bits per heavy atom. The zero-order valence-electron chi connectivity index (χ0n) is 14.9. The molecular formula is C18H18N4O5S. The topological polar surface area (TPSA) is 123 Å². The van der Waals surface area contributed by atoms with Crippen molar-refractivity contribution in [1.29, 1.82) is 0 Å². The Labute approximate surface area is 166 Å². The van der Waals surface area contributed by atoms with E-state index in [2.05, 4.69) is 16.2 Å². The van der Waals surface area contributed by atoms with Gasteiger partial charge in [0.15, 0.2) is 5.11 Å². The van der Waals surface area contributed by atoms with E-state index in [9.17, 15) is 19.7 Å². The van der Waals surface area contributed by atoms with Crippen molar-refractivity contribution < 1.29 is 19.2 Å². The van der Waals surface area contributed by atoms with Crippen molar-refractivity contribution in [3.63, 3.8) is 0 Å². The van der Waals surface area contributed by atoms with Gasteiger partial charge in [0.2, 0.25) is 0 Å². The minimum atomic E-state index is -0.641. The third-order valence-corrected chi connectivity index (χ3v) is 3.63. The molecule has 0 radical (unpaired) electrons. The summed E-state index contributed by atoms with van der Waals surface area (Å²) >= 11 is 4.96. The maximum atomic E-state index is 12.1. The number of nitro benzene ring substituents is 1. The summed E-state index contributed by atoms with van der Waals surface area (Å²) in [5.41, 5.74) is 4.86. The highest BCUT2D eigenvalue weighted by Gasteiger charge is 2.12. The molecule has 0 saturated carbocycles. The number of non-ortho nitro benzene ring substituents is 1. The number of hydrogen-bond acceptors (Lipinski definition) is 6. The lowest BCUT2D eigenvalue weighted by atomic mass is 10.2. The molecule has 0 aromatic heterocycles. The number of nitro groups is 1. The fraction of sp³-hybridized carbons (Fsp3) is 0.167. The van der Waals surface area contributed by atoms with Gasteiger partial charge in [-0.05, 0) is 49.0 Å². The summed E-state index contributed by atoms with van der Waals surface area (Å²) in [6.07, 6.45) is 0.879. The number of thiocarbonyl (C=S) groups is 1. The van der Waals surface area contributed by atoms with Crippen LogP contribution < -0.4 is 20.9 Å². The van der Waals surface area contributed by atoms with E-state index in [1.54, 1.807) is 24.3 Å². The largest absolute Gasteiger partial charge is 0.494 e. The maximum Gasteiger partial charge on any atom is 0.270 e. The molecule has 9 nitrogen and oxygen atoms in total. The zero-order valence-corrected chi connectivity index (χ0v) is 15.7. The van der Waals surface area contributed by atoms with Crippen molar-refractivity contribution in [3.8, 4) is 5.75 Å². The molecular weight excluding hydrogens is 384 g/mol. The fourth-order valence-corrected chi connectivity index (χ4v) is 2.22. The predicted molar refractivity (Wildman–Crippen MR) is 106 cm³/mol. The lowest BCUT2D eigenvalue weighted by molar-refractivity contribution is -0.384. The Bertz CT molecular complexity index is 886. The van der Waals surface area contributed by atoms with Gasteiger partial charge < -0.3 is 4.74 Å². The van der Waals surface area contributed by atoms with Gasteiger partial charge in [-0.2, -0.15) is 0 Å². The van der Waals surface area contributed by atoms with Gasteiger partial charge in [0.1, 0.15) is 5.75 Å². The number of carbonyl (C=O) groups excluding carboxylic acids is 2. The molecule has 146 valence electrons. The van der Waals surface area contributed by atoms with Crippen molar-refractivity contribution in [2.45, 2.75) is 13.3 Å². The molecule has 10 heteroatoms. The average molecular weight is 402 g/mol. The van der Waals surface area contributed by atoms with Crippen LogP contribution in [0.4, 0.5) is 5.69 Å². The van der Waals surface area contributed by atoms with Gasteiger partial charge in [0.05, 0.1) is 11.5 Å². The summed E-state index contributed by atoms with van der Waals surface area (Å²) < 4.78 is 5.44. The van der Waals surface area contributed by atoms with E-state index in [0.29, 0.717) is 17.9 Å². The molecule has 0 aliphatic carbocycles. The second-order valence-electron chi connectivity index (χ2n) is 5.54. The quantitative estimate of drug-likeness (QED) is 0.385. The van der Waals surface area contributed by atoms with E-state index in [0.717, 1.165) is 12.5 Å². The molecule has 0 heterocycles. The molecule has 0 saturated heterocycles. The van der Waals surface area contributed by atoms with Crippen LogP contribution in [0.25, 0.3) is 0 Å². The van der Waals surface area contributed by atoms with E-state index in [1.807, 2.05) is 6.92 Å². The molecule has 0 aliphatic rings. The maximum absolute atomic E-state index is 12.1. The van der Waals surface area contributed by atoms with Gasteiger partial charge in [0.25, 0.3) is 17.5 Å². The first kappa shape index (κ1) is 20.8. The molecule has 0 spiro atoms. The van der Waals surface area contributed by atoms with Gasteiger partial charge in [-0.15, -0.1) is 0 Å². The number of hydrazine groups is 1. The first-order valence-corrected chi connectivity index (χ1v) is 8.70. The molecule has 2 aromatic rings. The third-order valence-electron chi connectivity index (χ3n) is 3.43. The van der Waals surface area contributed by atoms with Crippen molar-refractivity contribution in [1.82, 2.24) is 16.2 Å². The summed E-state index contributed by atoms with van der Waals surface area (Å²) in [4.78, 5) is 34.3. The van der Waals surface area contributed by atoms with Gasteiger partial charge in [-0.25, -0.2) is 0 Å². The normalized spacial score (nSPS) is 9.89. The first-order chi connectivity index (χ1) is 13.4. The van der Waals surface area contributed by atoms with Crippen LogP contribution in [-0.4, -0.2) is 28.5 Å². The molecule has 3 N–H and O–H groups in total. The summed E-state index contributed by atoms with van der Waals surface area (Å²) in [7, 11) is 0. The average Bonchev–Trinajstić information content (AvgIpc) is 2.70. The molecule has 2 aromatic carbocycles. The SMILES string of the molecule is CCCOc1ccc(C(=O)NC(=S)NNC(=O)c2cccc([N+](=O)[O-])c2)cc1. The smallest absolute Gasteiger partial charge is 0.270 e. The van der Waals surface area contributed by atoms with E-state index in [1.165, 1.54) is 18.2 Å². The lowest BCUT2D eigenvalue weighted by Gasteiger charge is -2.11. The van der Waals surface area contributed by atoms with Crippen LogP contribution >= 0.6 is 12.2 Å². The van der Waals surface area contributed by atoms with Gasteiger partial charge in [-0.1, -0.05) is 13.0 Å². The highest BCUT2D eigenvalue weighted by molar-refractivity contribution is 7.80. The zero-order chi connectivity index (χ0) is 20.5. The third kappa shape index (κ3) is 6.02. The number of benzene rings is 2. The summed E-state index contributed by atoms with van der Waals surface area (Å²) in [6, 6.07) is 11.7. The summed E-state index contributed by atoms with van der Waals surface area (Å²) in [6.45, 7) is 2.58. The number of ether oxygens (including phenoxy) is 1. The van der Waals surface area contributed by atoms with Crippen molar-refractivity contribution in [3.05, 3.63) is 69.8 Å². The fourth-order valence-electron chi connectivity index (χ4n) is 2.08. The van der Waals surface area contributed by atoms with Gasteiger partial charge in [-0.3, -0.25) is 35.9 Å². The Hall–Kier alpha value is -3.53. The number of nitrogens with one attached hydrogen (secondary N) is 3. The van der Waals surface area contributed by atoms with Gasteiger partial charge >= 0.3 is 0 Å². The molecule has 28 heavy (non-hydrogen) atoms. The minimum absolute atomic E-state index is 0.0681. The second kappa shape index (κ2) is 9.97. The molecule has 0 aliphatic heterocycles. The van der Waals surface area contributed by atoms with Crippen molar-refractivity contribution in [2.24, 2.45) is 0 Å². The predicted octanol–water partition coefficient (Wildman–Crippen LogP) is 2.33. The van der Waals surface area contributed by atoms with E-state index in [-0.39, 0.29) is 16.4 Å². The number of carbonyl (C=O) groups is 2. The van der Waals surface area contributed by atoms with Crippen LogP contribution in [0.3, 0.4) is 0 Å². The number of amides is 2. The van der Waals surface area contributed by atoms with Crippen LogP contribution in [0.15, 0.2) is 48.5 Å². The Morgan fingerprint density at radius 2 is 1.79 bits per heavy atom. The van der Waals surface area contributed by atoms with Crippen LogP contribution in [0.5, 0.6) is 5.75 Å². The van der Waals surface area contributed by atoms with E-state index >= 15 is 0 Å². The highest BCUT2D eigenvalue weighted by atomic mass is 32.1. The molecule has 0 unspecified atom stereocenters. The minimum Gasteiger partial charge on any atom is -0.494 e. The standard InChI is InChI=1S/C18H18N4O5S/c1-2-10-27-15-8-6-12(7-9-15)16(23)19-18(28)21-20-17(24)13-4-3-5-14(11-13)22(25)26/h3-9,11H,2,10H2,1H3,(H,20,24)(H2,19,21,23,28). The highest BCUT2D eigenvalue weighted by Crippen LogP contribution is 2.13. The Kier molecular flexibility index (Phi) is 7.40. The van der Waals surface area contributed by atoms with Crippen molar-refractivity contribution in [2.75, 3.05) is 6.61 Å². The molecule has 0 atom stereocenters. The lowest BCUT2D eigenvalue weighted by Crippen LogP contribution is -2.48. The summed E-state index contributed by atoms with van der Waals surface area (Å²) in [5, 5.41) is 13.0. The number of hydrogen-bond donors (Lipinski definition) is 3. The van der Waals surface area contributed by atoms with E-state index < -0.39 is 16.7 Å². The van der Waals surface area contributed by atoms with Crippen LogP contribution in [0.2, 0.25) is 0 Å². The molecule has 0 bridgehead atoms. The van der Waals surface area contributed by atoms with Crippen LogP contribution in [-0.2, 0) is 0 Å². The van der Waals surface area contributed by atoms with Gasteiger partial charge in [0, 0.05) is 23.3 Å². The summed E-state index contributed by atoms with van der Waals surface area (Å²) in [5.74, 6) is -0.454. The molecule has 2 rings (SSSR count). The van der Waals surface area contributed by atoms with Crippen LogP contribution in [0.1, 0.15) is 34.1 Å². The number of nitrogens with zero attached hydrogens (tertiary/aromatic N) is 1. The monoisotopic (exact) mass is 402 g/mol. The second-order valence-corrected chi connectivity index (χ2v) is 5.95. The molecule has 2 amide bonds. The van der Waals surface area contributed by atoms with Crippen LogP contribution in [0, 0.1) is 10.1 Å². The Morgan fingerprint density at radius 3 is 2.43 bits per heavy atom. The van der Waals surface area contributed by atoms with Crippen molar-refractivity contribution >= 4 is 34.8 Å². The van der Waals surface area contributed by atoms with E-state index in [4.69, 9.17) is 17.0 Å². The first-order valence-electron chi connectivity index (χ1n) is 8.29. The molecule has 0 fully saturated rings. The Balaban J connectivity index is 1.86.